The average molecular weight is 432 g/mol. The molecule has 0 aliphatic rings. The van der Waals surface area contributed by atoms with Crippen molar-refractivity contribution in [2.45, 2.75) is 20.5 Å². The van der Waals surface area contributed by atoms with Gasteiger partial charge < -0.3 is 10.5 Å². The van der Waals surface area contributed by atoms with E-state index in [-0.39, 0.29) is 17.3 Å². The predicted octanol–water partition coefficient (Wildman–Crippen LogP) is 2.19. The second-order valence-corrected chi connectivity index (χ2v) is 6.95. The summed E-state index contributed by atoms with van der Waals surface area (Å²) in [4.78, 5) is 12.4. The lowest BCUT2D eigenvalue weighted by Crippen LogP contribution is -2.19. The first-order valence-corrected chi connectivity index (χ1v) is 9.64. The maximum Gasteiger partial charge on any atom is 0.293 e. The molecule has 0 unspecified atom stereocenters. The van der Waals surface area contributed by atoms with Gasteiger partial charge in [-0.15, -0.1) is 5.10 Å². The van der Waals surface area contributed by atoms with Gasteiger partial charge in [0.05, 0.1) is 11.9 Å². The van der Waals surface area contributed by atoms with Gasteiger partial charge in [-0.2, -0.15) is 9.78 Å². The number of benzene rings is 2. The van der Waals surface area contributed by atoms with Crippen molar-refractivity contribution in [3.63, 3.8) is 0 Å². The van der Waals surface area contributed by atoms with Crippen LogP contribution < -0.4 is 15.9 Å². The molecule has 0 spiro atoms. The van der Waals surface area contributed by atoms with Gasteiger partial charge in [0, 0.05) is 0 Å². The van der Waals surface area contributed by atoms with Crippen molar-refractivity contribution in [2.24, 2.45) is 5.10 Å². The Balaban J connectivity index is 1.37. The van der Waals surface area contributed by atoms with Crippen LogP contribution in [0.3, 0.4) is 0 Å². The first-order valence-electron chi connectivity index (χ1n) is 9.64. The van der Waals surface area contributed by atoms with Crippen molar-refractivity contribution in [1.82, 2.24) is 30.7 Å². The molecule has 162 valence electrons. The summed E-state index contributed by atoms with van der Waals surface area (Å²) in [5, 5.41) is 18.8. The Labute approximate surface area is 182 Å². The molecule has 2 aromatic carbocycles. The predicted molar refractivity (Wildman–Crippen MR) is 115 cm³/mol. The molecular weight excluding hydrogens is 412 g/mol. The number of amides is 1. The van der Waals surface area contributed by atoms with E-state index in [0.717, 1.165) is 11.1 Å². The molecule has 11 nitrogen and oxygen atoms in total. The molecule has 0 bridgehead atoms. The quantitative estimate of drug-likeness (QED) is 0.334. The number of anilines is 1. The smallest absolute Gasteiger partial charge is 0.293 e. The third-order valence-electron chi connectivity index (χ3n) is 4.57. The maximum absolute atomic E-state index is 12.4. The highest BCUT2D eigenvalue weighted by atomic mass is 16.6. The molecule has 32 heavy (non-hydrogen) atoms. The zero-order valence-corrected chi connectivity index (χ0v) is 17.4. The third-order valence-corrected chi connectivity index (χ3v) is 4.57. The highest BCUT2D eigenvalue weighted by molar-refractivity contribution is 5.94. The van der Waals surface area contributed by atoms with Gasteiger partial charge in [-0.05, 0) is 47.4 Å². The molecule has 1 amide bonds. The van der Waals surface area contributed by atoms with E-state index in [0.29, 0.717) is 18.1 Å². The Morgan fingerprint density at radius 2 is 2.03 bits per heavy atom. The minimum Gasteiger partial charge on any atom is -0.489 e. The molecule has 0 radical (unpaired) electrons. The zero-order valence-electron chi connectivity index (χ0n) is 17.4. The number of rotatable bonds is 7. The van der Waals surface area contributed by atoms with Crippen molar-refractivity contribution in [3.8, 4) is 11.6 Å². The second kappa shape index (κ2) is 9.08. The van der Waals surface area contributed by atoms with Crippen LogP contribution in [0.5, 0.6) is 5.75 Å². The SMILES string of the molecule is Cc1ccc(COc2cccc(C=NNC(=O)c3nnn(-c4nonc4N)c3C)c2)cc1. The van der Waals surface area contributed by atoms with Crippen molar-refractivity contribution >= 4 is 17.9 Å². The van der Waals surface area contributed by atoms with Gasteiger partial charge in [0.25, 0.3) is 5.91 Å². The van der Waals surface area contributed by atoms with Crippen LogP contribution in [0, 0.1) is 13.8 Å². The Morgan fingerprint density at radius 1 is 1.22 bits per heavy atom. The molecule has 2 aromatic heterocycles. The Bertz CT molecular complexity index is 1260. The van der Waals surface area contributed by atoms with Crippen molar-refractivity contribution < 1.29 is 14.2 Å². The van der Waals surface area contributed by atoms with Gasteiger partial charge in [0.1, 0.15) is 12.4 Å². The summed E-state index contributed by atoms with van der Waals surface area (Å²) in [6.45, 7) is 4.14. The van der Waals surface area contributed by atoms with Crippen LogP contribution in [0.1, 0.15) is 32.9 Å². The van der Waals surface area contributed by atoms with Crippen molar-refractivity contribution in [1.29, 1.82) is 0 Å². The normalized spacial score (nSPS) is 11.1. The van der Waals surface area contributed by atoms with Crippen LogP contribution in [0.15, 0.2) is 58.3 Å². The molecule has 0 atom stereocenters. The van der Waals surface area contributed by atoms with E-state index < -0.39 is 5.91 Å². The van der Waals surface area contributed by atoms with Crippen LogP contribution >= 0.6 is 0 Å². The van der Waals surface area contributed by atoms with Gasteiger partial charge in [-0.25, -0.2) is 10.1 Å². The number of aromatic nitrogens is 5. The first kappa shape index (κ1) is 20.7. The number of nitrogens with zero attached hydrogens (tertiary/aromatic N) is 6. The molecule has 11 heteroatoms. The zero-order chi connectivity index (χ0) is 22.5. The van der Waals surface area contributed by atoms with Gasteiger partial charge in [-0.3, -0.25) is 4.79 Å². The van der Waals surface area contributed by atoms with Crippen molar-refractivity contribution in [3.05, 3.63) is 76.6 Å². The summed E-state index contributed by atoms with van der Waals surface area (Å²) < 4.78 is 11.6. The lowest BCUT2D eigenvalue weighted by Gasteiger charge is -2.07. The van der Waals surface area contributed by atoms with Gasteiger partial charge in [0.15, 0.2) is 5.69 Å². The minimum absolute atomic E-state index is 0.0347. The summed E-state index contributed by atoms with van der Waals surface area (Å²) >= 11 is 0. The summed E-state index contributed by atoms with van der Waals surface area (Å²) in [5.74, 6) is 0.345. The van der Waals surface area contributed by atoms with Crippen LogP contribution in [0.2, 0.25) is 0 Å². The topological polar surface area (TPSA) is 146 Å². The van der Waals surface area contributed by atoms with E-state index in [4.69, 9.17) is 10.5 Å². The van der Waals surface area contributed by atoms with Crippen LogP contribution in [-0.4, -0.2) is 37.4 Å². The monoisotopic (exact) mass is 432 g/mol. The van der Waals surface area contributed by atoms with E-state index in [9.17, 15) is 4.79 Å². The largest absolute Gasteiger partial charge is 0.489 e. The number of nitrogens with one attached hydrogen (secondary N) is 1. The summed E-state index contributed by atoms with van der Waals surface area (Å²) in [5.41, 5.74) is 11.6. The average Bonchev–Trinajstić information content (AvgIpc) is 3.38. The highest BCUT2D eigenvalue weighted by Gasteiger charge is 2.20. The van der Waals surface area contributed by atoms with Crippen LogP contribution in [0.4, 0.5) is 5.82 Å². The fourth-order valence-corrected chi connectivity index (χ4v) is 2.83. The number of ether oxygens (including phenoxy) is 1. The van der Waals surface area contributed by atoms with E-state index >= 15 is 0 Å². The molecular formula is C21H20N8O3. The standard InChI is InChI=1S/C21H20N8O3/c1-13-6-8-15(9-7-13)12-31-17-5-3-4-16(10-17)11-23-25-21(30)18-14(2)29(28-24-18)20-19(22)26-32-27-20/h3-11H,12H2,1-2H3,(H2,22,26)(H,25,30). The van der Waals surface area contributed by atoms with Gasteiger partial charge in [-0.1, -0.05) is 47.2 Å². The minimum atomic E-state index is -0.535. The number of hydrazone groups is 1. The van der Waals surface area contributed by atoms with E-state index in [1.807, 2.05) is 55.5 Å². The molecule has 0 saturated heterocycles. The number of aryl methyl sites for hydroxylation is 1. The second-order valence-electron chi connectivity index (χ2n) is 6.95. The fourth-order valence-electron chi connectivity index (χ4n) is 2.83. The number of hydrogen-bond acceptors (Lipinski definition) is 9. The van der Waals surface area contributed by atoms with Crippen molar-refractivity contribution in [2.75, 3.05) is 5.73 Å². The number of nitrogen functional groups attached to an aromatic ring is 1. The molecule has 4 aromatic rings. The Kier molecular flexibility index (Phi) is 5.88. The molecule has 0 aliphatic carbocycles. The highest BCUT2D eigenvalue weighted by Crippen LogP contribution is 2.16. The summed E-state index contributed by atoms with van der Waals surface area (Å²) in [7, 11) is 0. The number of nitrogens with two attached hydrogens (primary N) is 1. The number of carbonyl (C=O) groups excluding carboxylic acids is 1. The lowest BCUT2D eigenvalue weighted by molar-refractivity contribution is 0.0949. The first-order chi connectivity index (χ1) is 15.5. The third kappa shape index (κ3) is 4.61. The van der Waals surface area contributed by atoms with E-state index in [1.165, 1.54) is 16.5 Å². The Morgan fingerprint density at radius 3 is 2.78 bits per heavy atom. The Hall–Kier alpha value is -4.54. The van der Waals surface area contributed by atoms with Gasteiger partial charge >= 0.3 is 0 Å². The van der Waals surface area contributed by atoms with Gasteiger partial charge in [0.2, 0.25) is 11.6 Å². The molecule has 4 rings (SSSR count). The van der Waals surface area contributed by atoms with E-state index in [2.05, 4.69) is 35.8 Å². The van der Waals surface area contributed by atoms with Crippen LogP contribution in [0.25, 0.3) is 5.82 Å². The molecule has 2 heterocycles. The van der Waals surface area contributed by atoms with Crippen LogP contribution in [-0.2, 0) is 6.61 Å². The summed E-state index contributed by atoms with van der Waals surface area (Å²) in [6, 6.07) is 15.5. The van der Waals surface area contributed by atoms with E-state index in [1.54, 1.807) is 6.92 Å². The number of hydrogen-bond donors (Lipinski definition) is 2. The molecule has 3 N–H and O–H groups in total. The summed E-state index contributed by atoms with van der Waals surface area (Å²) in [6.07, 6.45) is 1.51. The maximum atomic E-state index is 12.4. The number of carbonyl (C=O) groups is 1. The fraction of sp³-hybridized carbons (Fsp3) is 0.143. The molecule has 0 saturated carbocycles. The molecule has 0 fully saturated rings. The lowest BCUT2D eigenvalue weighted by atomic mass is 10.2. The molecule has 0 aliphatic heterocycles.